The third-order valence-electron chi connectivity index (χ3n) is 5.17. The maximum absolute atomic E-state index is 14.8. The van der Waals surface area contributed by atoms with Gasteiger partial charge in [-0.15, -0.1) is 0 Å². The molecule has 2 amide bonds. The van der Waals surface area contributed by atoms with E-state index in [4.69, 9.17) is 4.74 Å². The Bertz CT molecular complexity index is 746. The highest BCUT2D eigenvalue weighted by molar-refractivity contribution is 5.90. The van der Waals surface area contributed by atoms with E-state index in [0.29, 0.717) is 37.3 Å². The molecule has 8 heteroatoms. The number of ether oxygens (including phenoxy) is 1. The van der Waals surface area contributed by atoms with Crippen molar-refractivity contribution in [1.29, 1.82) is 0 Å². The van der Waals surface area contributed by atoms with Crippen LogP contribution in [0.3, 0.4) is 0 Å². The van der Waals surface area contributed by atoms with Crippen LogP contribution < -0.4 is 15.1 Å². The average Bonchev–Trinajstić information content (AvgIpc) is 3.00. The van der Waals surface area contributed by atoms with Gasteiger partial charge in [0.05, 0.1) is 17.4 Å². The Hall–Kier alpha value is -2.64. The Morgan fingerprint density at radius 1 is 1.26 bits per heavy atom. The molecular formula is C19H24FN3O4. The summed E-state index contributed by atoms with van der Waals surface area (Å²) in [7, 11) is 0. The van der Waals surface area contributed by atoms with Gasteiger partial charge in [-0.25, -0.2) is 9.18 Å². The molecule has 2 saturated heterocycles. The van der Waals surface area contributed by atoms with Crippen molar-refractivity contribution >= 4 is 29.2 Å². The van der Waals surface area contributed by atoms with Gasteiger partial charge in [-0.2, -0.15) is 0 Å². The summed E-state index contributed by atoms with van der Waals surface area (Å²) in [4.78, 5) is 38.0. The summed E-state index contributed by atoms with van der Waals surface area (Å²) < 4.78 is 19.8. The Balaban J connectivity index is 1.73. The monoisotopic (exact) mass is 377 g/mol. The van der Waals surface area contributed by atoms with Crippen LogP contribution in [0, 0.1) is 11.7 Å². The number of hydrogen-bond donors (Lipinski definition) is 1. The van der Waals surface area contributed by atoms with E-state index in [9.17, 15) is 18.8 Å². The van der Waals surface area contributed by atoms with Gasteiger partial charge in [0.2, 0.25) is 5.91 Å². The Morgan fingerprint density at radius 2 is 1.96 bits per heavy atom. The zero-order chi connectivity index (χ0) is 19.6. The zero-order valence-corrected chi connectivity index (χ0v) is 15.5. The zero-order valence-electron chi connectivity index (χ0n) is 15.5. The Labute approximate surface area is 157 Å². The second-order valence-electron chi connectivity index (χ2n) is 7.05. The SMILES string of the molecule is CC(=O)NC[C@H]1COC(=O)N1c1ccc(N2CCC(C(C)=O)CC2)c(F)c1. The van der Waals surface area contributed by atoms with E-state index < -0.39 is 11.9 Å². The molecule has 0 saturated carbocycles. The molecule has 1 atom stereocenters. The van der Waals surface area contributed by atoms with Crippen molar-refractivity contribution in [3.8, 4) is 0 Å². The van der Waals surface area contributed by atoms with E-state index in [1.165, 1.54) is 17.9 Å². The number of rotatable bonds is 5. The number of carbonyl (C=O) groups is 3. The van der Waals surface area contributed by atoms with Gasteiger partial charge >= 0.3 is 6.09 Å². The first kappa shape index (κ1) is 19.1. The van der Waals surface area contributed by atoms with Gasteiger partial charge in [0.1, 0.15) is 18.2 Å². The lowest BCUT2D eigenvalue weighted by atomic mass is 9.93. The predicted molar refractivity (Wildman–Crippen MR) is 98.3 cm³/mol. The van der Waals surface area contributed by atoms with Crippen molar-refractivity contribution in [3.05, 3.63) is 24.0 Å². The quantitative estimate of drug-likeness (QED) is 0.850. The summed E-state index contributed by atoms with van der Waals surface area (Å²) in [5.41, 5.74) is 0.861. The number of halogens is 1. The minimum Gasteiger partial charge on any atom is -0.447 e. The van der Waals surface area contributed by atoms with Crippen LogP contribution in [0.4, 0.5) is 20.6 Å². The highest BCUT2D eigenvalue weighted by Gasteiger charge is 2.35. The lowest BCUT2D eigenvalue weighted by molar-refractivity contribution is -0.121. The summed E-state index contributed by atoms with van der Waals surface area (Å²) in [5.74, 6) is -0.391. The molecule has 2 fully saturated rings. The number of ketones is 1. The number of carbonyl (C=O) groups excluding carboxylic acids is 3. The fourth-order valence-electron chi connectivity index (χ4n) is 3.62. The van der Waals surface area contributed by atoms with Gasteiger partial charge in [0, 0.05) is 32.5 Å². The number of amides is 2. The molecule has 1 N–H and O–H groups in total. The lowest BCUT2D eigenvalue weighted by Gasteiger charge is -2.33. The maximum Gasteiger partial charge on any atom is 0.414 e. The van der Waals surface area contributed by atoms with E-state index >= 15 is 0 Å². The summed E-state index contributed by atoms with van der Waals surface area (Å²) in [6, 6.07) is 4.28. The van der Waals surface area contributed by atoms with Crippen LogP contribution in [0.15, 0.2) is 18.2 Å². The standard InChI is InChI=1S/C19H24FN3O4/c1-12(24)14-5-7-22(8-6-14)18-4-3-15(9-17(18)20)23-16(10-21-13(2)25)11-27-19(23)26/h3-4,9,14,16H,5-8,10-11H2,1-2H3,(H,21,25)/t16-/m0/s1. The summed E-state index contributed by atoms with van der Waals surface area (Å²) >= 11 is 0. The smallest absolute Gasteiger partial charge is 0.414 e. The highest BCUT2D eigenvalue weighted by Crippen LogP contribution is 2.31. The molecule has 1 aromatic rings. The number of nitrogens with one attached hydrogen (secondary N) is 1. The first-order valence-electron chi connectivity index (χ1n) is 9.12. The number of anilines is 2. The third kappa shape index (κ3) is 4.20. The second kappa shape index (κ2) is 7.94. The van der Waals surface area contributed by atoms with Gasteiger partial charge in [-0.3, -0.25) is 14.5 Å². The molecule has 2 aliphatic heterocycles. The lowest BCUT2D eigenvalue weighted by Crippen LogP contribution is -2.42. The van der Waals surface area contributed by atoms with E-state index in [1.54, 1.807) is 19.1 Å². The van der Waals surface area contributed by atoms with Crippen molar-refractivity contribution < 1.29 is 23.5 Å². The topological polar surface area (TPSA) is 79.0 Å². The van der Waals surface area contributed by atoms with Gasteiger partial charge in [-0.1, -0.05) is 0 Å². The van der Waals surface area contributed by atoms with Gasteiger partial charge in [-0.05, 0) is 38.0 Å². The van der Waals surface area contributed by atoms with Crippen molar-refractivity contribution in [1.82, 2.24) is 5.32 Å². The third-order valence-corrected chi connectivity index (χ3v) is 5.17. The molecule has 3 rings (SSSR count). The fourth-order valence-corrected chi connectivity index (χ4v) is 3.62. The molecule has 27 heavy (non-hydrogen) atoms. The van der Waals surface area contributed by atoms with Gasteiger partial charge in [0.15, 0.2) is 0 Å². The van der Waals surface area contributed by atoms with E-state index in [-0.39, 0.29) is 36.8 Å². The first-order valence-corrected chi connectivity index (χ1v) is 9.12. The minimum absolute atomic E-state index is 0.0532. The van der Waals surface area contributed by atoms with E-state index in [1.807, 2.05) is 4.90 Å². The van der Waals surface area contributed by atoms with E-state index in [0.717, 1.165) is 0 Å². The van der Waals surface area contributed by atoms with Crippen molar-refractivity contribution in [2.24, 2.45) is 5.92 Å². The van der Waals surface area contributed by atoms with Crippen LogP contribution in [-0.2, 0) is 14.3 Å². The van der Waals surface area contributed by atoms with Crippen molar-refractivity contribution in [2.45, 2.75) is 32.7 Å². The maximum atomic E-state index is 14.8. The molecule has 7 nitrogen and oxygen atoms in total. The van der Waals surface area contributed by atoms with Crippen LogP contribution in [0.25, 0.3) is 0 Å². The van der Waals surface area contributed by atoms with Crippen LogP contribution in [0.5, 0.6) is 0 Å². The average molecular weight is 377 g/mol. The molecule has 2 aliphatic rings. The molecule has 0 radical (unpaired) electrons. The van der Waals surface area contributed by atoms with Gasteiger partial charge in [0.25, 0.3) is 0 Å². The van der Waals surface area contributed by atoms with Crippen molar-refractivity contribution in [2.75, 3.05) is 36.0 Å². The largest absolute Gasteiger partial charge is 0.447 e. The second-order valence-corrected chi connectivity index (χ2v) is 7.05. The van der Waals surface area contributed by atoms with Gasteiger partial charge < -0.3 is 15.0 Å². The summed E-state index contributed by atoms with van der Waals surface area (Å²) in [5, 5.41) is 2.66. The Kier molecular flexibility index (Phi) is 5.62. The number of cyclic esters (lactones) is 1. The number of nitrogens with zero attached hydrogens (tertiary/aromatic N) is 2. The molecule has 0 aliphatic carbocycles. The molecule has 0 aromatic heterocycles. The minimum atomic E-state index is -0.556. The molecule has 2 heterocycles. The van der Waals surface area contributed by atoms with E-state index in [2.05, 4.69) is 5.32 Å². The molecule has 0 spiro atoms. The van der Waals surface area contributed by atoms with Crippen LogP contribution in [-0.4, -0.2) is 50.1 Å². The van der Waals surface area contributed by atoms with Crippen LogP contribution in [0.2, 0.25) is 0 Å². The molecule has 1 aromatic carbocycles. The highest BCUT2D eigenvalue weighted by atomic mass is 19.1. The Morgan fingerprint density at radius 3 is 2.56 bits per heavy atom. The first-order chi connectivity index (χ1) is 12.9. The number of hydrogen-bond acceptors (Lipinski definition) is 5. The fraction of sp³-hybridized carbons (Fsp3) is 0.526. The summed E-state index contributed by atoms with van der Waals surface area (Å²) in [6.45, 7) is 4.62. The number of Topliss-reactive ketones (excluding diaryl/α,β-unsaturated/α-hetero) is 1. The van der Waals surface area contributed by atoms with Crippen molar-refractivity contribution in [3.63, 3.8) is 0 Å². The number of piperidine rings is 1. The molecule has 0 bridgehead atoms. The number of benzene rings is 1. The predicted octanol–water partition coefficient (Wildman–Crippen LogP) is 2.09. The molecule has 146 valence electrons. The van der Waals surface area contributed by atoms with Crippen LogP contribution >= 0.6 is 0 Å². The normalized spacial score (nSPS) is 20.6. The van der Waals surface area contributed by atoms with Crippen LogP contribution in [0.1, 0.15) is 26.7 Å². The molecular weight excluding hydrogens is 353 g/mol. The summed E-state index contributed by atoms with van der Waals surface area (Å²) in [6.07, 6.45) is 0.876. The molecule has 0 unspecified atom stereocenters.